The van der Waals surface area contributed by atoms with E-state index in [1.54, 1.807) is 0 Å². The van der Waals surface area contributed by atoms with Crippen molar-refractivity contribution in [2.45, 2.75) is 80.8 Å². The second-order valence-corrected chi connectivity index (χ2v) is 9.97. The molecule has 2 aromatic carbocycles. The molecule has 3 unspecified atom stereocenters. The summed E-state index contributed by atoms with van der Waals surface area (Å²) in [6.07, 6.45) is 4.35. The van der Waals surface area contributed by atoms with Gasteiger partial charge in [0.15, 0.2) is 5.78 Å². The number of Topliss-reactive ketones (excluding diaryl/α,β-unsaturated/α-hetero) is 1. The summed E-state index contributed by atoms with van der Waals surface area (Å²) in [7, 11) is 1.81. The first-order valence-corrected chi connectivity index (χ1v) is 13.1. The number of hydrogen-bond acceptors (Lipinski definition) is 2. The van der Waals surface area contributed by atoms with Crippen molar-refractivity contribution in [1.29, 1.82) is 0 Å². The molecule has 2 aliphatic carbocycles. The van der Waals surface area contributed by atoms with Crippen molar-refractivity contribution < 1.29 is 9.53 Å². The lowest BCUT2D eigenvalue weighted by molar-refractivity contribution is 0.0695. The van der Waals surface area contributed by atoms with Crippen LogP contribution in [0.2, 0.25) is 0 Å². The summed E-state index contributed by atoms with van der Waals surface area (Å²) in [5.41, 5.74) is 7.57. The van der Waals surface area contributed by atoms with Crippen LogP contribution < -0.4 is 0 Å². The number of rotatable bonds is 3. The molecule has 0 heterocycles. The second-order valence-electron chi connectivity index (χ2n) is 8.26. The molecule has 2 nitrogen and oxygen atoms in total. The molecule has 0 fully saturated rings. The van der Waals surface area contributed by atoms with Crippen molar-refractivity contribution in [3.05, 3.63) is 66.6 Å². The maximum atomic E-state index is 11.8. The topological polar surface area (TPSA) is 26.3 Å². The van der Waals surface area contributed by atoms with Gasteiger partial charge in [-0.25, -0.2) is 0 Å². The van der Waals surface area contributed by atoms with E-state index in [-0.39, 0.29) is 19.4 Å². The highest BCUT2D eigenvalue weighted by Gasteiger charge is 2.31. The molecule has 0 aromatic heterocycles. The van der Waals surface area contributed by atoms with Gasteiger partial charge >= 0.3 is 0 Å². The van der Waals surface area contributed by atoms with Crippen molar-refractivity contribution in [3.8, 4) is 0 Å². The van der Waals surface area contributed by atoms with Gasteiger partial charge in [0, 0.05) is 27.5 Å². The molecule has 32 heavy (non-hydrogen) atoms. The molecular weight excluding hydrogens is 528 g/mol. The van der Waals surface area contributed by atoms with Crippen LogP contribution in [0.25, 0.3) is 0 Å². The van der Waals surface area contributed by atoms with Crippen LogP contribution in [0, 0.1) is 11.8 Å². The molecule has 4 rings (SSSR count). The van der Waals surface area contributed by atoms with Gasteiger partial charge in [0.1, 0.15) is 0 Å². The van der Waals surface area contributed by atoms with Crippen LogP contribution in [0.15, 0.2) is 33.2 Å². The van der Waals surface area contributed by atoms with E-state index in [9.17, 15) is 4.79 Å². The van der Waals surface area contributed by atoms with Crippen molar-refractivity contribution in [2.75, 3.05) is 7.11 Å². The SMILES string of the molecule is C.CC.CCc1cc(Br)c2c(c1)C(=O)C(C)C2.CCc1cc(Br)c2c(c1)C(OC)C(C)C2. The Morgan fingerprint density at radius 3 is 1.97 bits per heavy atom. The summed E-state index contributed by atoms with van der Waals surface area (Å²) in [6, 6.07) is 8.72. The number of carbonyl (C=O) groups is 1. The first-order valence-electron chi connectivity index (χ1n) is 11.5. The normalized spacial score (nSPS) is 20.3. The van der Waals surface area contributed by atoms with Gasteiger partial charge in [0.2, 0.25) is 0 Å². The average molecular weight is 568 g/mol. The number of aryl methyl sites for hydroxylation is 2. The Morgan fingerprint density at radius 1 is 0.906 bits per heavy atom. The van der Waals surface area contributed by atoms with Gasteiger partial charge in [-0.05, 0) is 77.6 Å². The Balaban J connectivity index is 0.000000289. The van der Waals surface area contributed by atoms with Crippen molar-refractivity contribution in [3.63, 3.8) is 0 Å². The zero-order valence-corrected chi connectivity index (χ0v) is 23.1. The standard InChI is InChI=1S/C13H17BrO.C12H13BrO.C2H6.CH4/c1-4-9-6-11-10(12(14)7-9)5-8(2)13(11)15-3;1-3-8-5-10-9(11(13)6-8)4-7(2)12(10)14;1-2;/h6-8,13H,4-5H2,1-3H3;5-7H,3-4H2,1-2H3;1-2H3;1H4. The number of hydrogen-bond donors (Lipinski definition) is 0. The van der Waals surface area contributed by atoms with E-state index in [0.29, 0.717) is 11.7 Å². The van der Waals surface area contributed by atoms with Crippen LogP contribution in [0.3, 0.4) is 0 Å². The predicted molar refractivity (Wildman–Crippen MR) is 145 cm³/mol. The highest BCUT2D eigenvalue weighted by molar-refractivity contribution is 9.10. The maximum Gasteiger partial charge on any atom is 0.166 e. The Labute approximate surface area is 212 Å². The fourth-order valence-electron chi connectivity index (χ4n) is 4.47. The van der Waals surface area contributed by atoms with Crippen molar-refractivity contribution in [2.24, 2.45) is 11.8 Å². The minimum atomic E-state index is 0. The van der Waals surface area contributed by atoms with Gasteiger partial charge in [0.05, 0.1) is 6.10 Å². The van der Waals surface area contributed by atoms with Gasteiger partial charge in [-0.1, -0.05) is 86.9 Å². The highest BCUT2D eigenvalue weighted by atomic mass is 79.9. The summed E-state index contributed by atoms with van der Waals surface area (Å²) in [5.74, 6) is 1.05. The Morgan fingerprint density at radius 2 is 1.44 bits per heavy atom. The van der Waals surface area contributed by atoms with Crippen LogP contribution in [-0.4, -0.2) is 12.9 Å². The van der Waals surface area contributed by atoms with Gasteiger partial charge in [-0.15, -0.1) is 0 Å². The number of methoxy groups -OCH3 is 1. The van der Waals surface area contributed by atoms with Crippen LogP contribution in [0.5, 0.6) is 0 Å². The molecule has 0 saturated heterocycles. The summed E-state index contributed by atoms with van der Waals surface area (Å²) < 4.78 is 7.94. The largest absolute Gasteiger partial charge is 0.376 e. The van der Waals surface area contributed by atoms with E-state index in [0.717, 1.165) is 35.7 Å². The van der Waals surface area contributed by atoms with Crippen molar-refractivity contribution >= 4 is 37.6 Å². The molecular formula is C28H40Br2O2. The van der Waals surface area contributed by atoms with Gasteiger partial charge < -0.3 is 4.74 Å². The zero-order chi connectivity index (χ0) is 23.3. The molecule has 178 valence electrons. The number of benzene rings is 2. The maximum absolute atomic E-state index is 11.8. The molecule has 4 heteroatoms. The summed E-state index contributed by atoms with van der Waals surface area (Å²) in [4.78, 5) is 11.8. The minimum Gasteiger partial charge on any atom is -0.376 e. The number of carbonyl (C=O) groups excluding carboxylic acids is 1. The quantitative estimate of drug-likeness (QED) is 0.370. The fourth-order valence-corrected chi connectivity index (χ4v) is 5.83. The predicted octanol–water partition coefficient (Wildman–Crippen LogP) is 8.94. The third-order valence-electron chi connectivity index (χ3n) is 6.19. The molecule has 0 bridgehead atoms. The van der Waals surface area contributed by atoms with E-state index in [4.69, 9.17) is 4.74 Å². The Kier molecular flexibility index (Phi) is 11.9. The molecule has 3 atom stereocenters. The van der Waals surface area contributed by atoms with Crippen LogP contribution >= 0.6 is 31.9 Å². The van der Waals surface area contributed by atoms with Gasteiger partial charge in [0.25, 0.3) is 0 Å². The molecule has 0 amide bonds. The minimum absolute atomic E-state index is 0. The van der Waals surface area contributed by atoms with E-state index < -0.39 is 0 Å². The summed E-state index contributed by atoms with van der Waals surface area (Å²) >= 11 is 7.21. The lowest BCUT2D eigenvalue weighted by Gasteiger charge is -2.15. The molecule has 0 N–H and O–H groups in total. The summed E-state index contributed by atoms with van der Waals surface area (Å²) in [6.45, 7) is 12.6. The van der Waals surface area contributed by atoms with E-state index in [1.807, 2.05) is 33.9 Å². The van der Waals surface area contributed by atoms with Gasteiger partial charge in [-0.3, -0.25) is 4.79 Å². The van der Waals surface area contributed by atoms with Crippen LogP contribution in [0.4, 0.5) is 0 Å². The molecule has 0 radical (unpaired) electrons. The Hall–Kier alpha value is -0.970. The number of halogens is 2. The van der Waals surface area contributed by atoms with Crippen LogP contribution in [0.1, 0.15) is 93.2 Å². The highest BCUT2D eigenvalue weighted by Crippen LogP contribution is 2.42. The van der Waals surface area contributed by atoms with Gasteiger partial charge in [-0.2, -0.15) is 0 Å². The molecule has 0 spiro atoms. The fraction of sp³-hybridized carbons (Fsp3) is 0.536. The second kappa shape index (κ2) is 13.1. The van der Waals surface area contributed by atoms with E-state index >= 15 is 0 Å². The smallest absolute Gasteiger partial charge is 0.166 e. The number of fused-ring (bicyclic) bond motifs is 2. The third-order valence-corrected chi connectivity index (χ3v) is 7.60. The first-order chi connectivity index (χ1) is 14.8. The lowest BCUT2D eigenvalue weighted by atomic mass is 10.0. The van der Waals surface area contributed by atoms with E-state index in [1.165, 1.54) is 32.3 Å². The molecule has 0 aliphatic heterocycles. The molecule has 2 aliphatic rings. The number of ether oxygens (including phenoxy) is 1. The monoisotopic (exact) mass is 566 g/mol. The van der Waals surface area contributed by atoms with E-state index in [2.05, 4.69) is 70.8 Å². The summed E-state index contributed by atoms with van der Waals surface area (Å²) in [5, 5.41) is 0. The Bertz CT molecular complexity index is 920. The molecule has 0 saturated carbocycles. The van der Waals surface area contributed by atoms with Crippen molar-refractivity contribution in [1.82, 2.24) is 0 Å². The van der Waals surface area contributed by atoms with Crippen LogP contribution in [-0.2, 0) is 30.4 Å². The third kappa shape index (κ3) is 6.12. The average Bonchev–Trinajstić information content (AvgIpc) is 3.26. The zero-order valence-electron chi connectivity index (χ0n) is 19.9. The lowest BCUT2D eigenvalue weighted by Crippen LogP contribution is -2.05. The molecule has 2 aromatic rings. The first kappa shape index (κ1) is 29.1. The number of ketones is 1.